The maximum Gasteiger partial charge on any atom is 0.191 e. The molecule has 1 saturated heterocycles. The molecule has 0 aromatic heterocycles. The summed E-state index contributed by atoms with van der Waals surface area (Å²) in [6.07, 6.45) is 3.01. The van der Waals surface area contributed by atoms with Crippen LogP contribution < -0.4 is 5.73 Å². The van der Waals surface area contributed by atoms with Gasteiger partial charge in [-0.3, -0.25) is 0 Å². The number of guanidine groups is 1. The summed E-state index contributed by atoms with van der Waals surface area (Å²) in [6, 6.07) is 3.90. The first-order valence-corrected chi connectivity index (χ1v) is 7.58. The lowest BCUT2D eigenvalue weighted by Gasteiger charge is -2.31. The summed E-state index contributed by atoms with van der Waals surface area (Å²) in [5.74, 6) is -0.00462. The Morgan fingerprint density at radius 2 is 2.05 bits per heavy atom. The molecule has 1 aliphatic carbocycles. The van der Waals surface area contributed by atoms with Crippen molar-refractivity contribution < 1.29 is 8.78 Å². The lowest BCUT2D eigenvalue weighted by molar-refractivity contribution is 0.270. The zero-order valence-electron chi connectivity index (χ0n) is 12.2. The zero-order valence-corrected chi connectivity index (χ0v) is 12.2. The first-order chi connectivity index (χ1) is 10.1. The highest BCUT2D eigenvalue weighted by Gasteiger charge is 2.42. The molecule has 0 spiro atoms. The van der Waals surface area contributed by atoms with E-state index in [9.17, 15) is 8.78 Å². The number of nitrogens with zero attached hydrogens (tertiary/aromatic N) is 2. The van der Waals surface area contributed by atoms with Crippen LogP contribution in [0.1, 0.15) is 37.7 Å². The molecule has 3 atom stereocenters. The first-order valence-electron chi connectivity index (χ1n) is 7.58. The third-order valence-corrected chi connectivity index (χ3v) is 4.41. The second kappa shape index (κ2) is 5.62. The van der Waals surface area contributed by atoms with Gasteiger partial charge in [0.25, 0.3) is 0 Å². The highest BCUT2D eigenvalue weighted by atomic mass is 19.1. The lowest BCUT2D eigenvalue weighted by Crippen LogP contribution is -2.43. The third-order valence-electron chi connectivity index (χ3n) is 4.41. The van der Waals surface area contributed by atoms with E-state index < -0.39 is 11.6 Å². The average molecular weight is 293 g/mol. The highest BCUT2D eigenvalue weighted by molar-refractivity contribution is 5.78. The molecule has 3 rings (SSSR count). The van der Waals surface area contributed by atoms with Crippen molar-refractivity contribution in [2.75, 3.05) is 13.1 Å². The number of hydrogen-bond acceptors (Lipinski definition) is 1. The summed E-state index contributed by atoms with van der Waals surface area (Å²) >= 11 is 0. The number of aliphatic imine (C=N–C) groups is 1. The largest absolute Gasteiger partial charge is 0.370 e. The number of halogens is 2. The Kier molecular flexibility index (Phi) is 3.83. The lowest BCUT2D eigenvalue weighted by atomic mass is 10.0. The minimum absolute atomic E-state index is 0.0892. The van der Waals surface area contributed by atoms with E-state index in [0.29, 0.717) is 18.3 Å². The molecule has 21 heavy (non-hydrogen) atoms. The Bertz CT molecular complexity index is 538. The molecule has 2 fully saturated rings. The van der Waals surface area contributed by atoms with Gasteiger partial charge in [-0.05, 0) is 37.3 Å². The minimum Gasteiger partial charge on any atom is -0.370 e. The number of rotatable bonds is 2. The first kappa shape index (κ1) is 14.3. The average Bonchev–Trinajstić information content (AvgIpc) is 3.17. The van der Waals surface area contributed by atoms with Gasteiger partial charge in [0.15, 0.2) is 5.96 Å². The summed E-state index contributed by atoms with van der Waals surface area (Å²) in [7, 11) is 0. The van der Waals surface area contributed by atoms with Crippen LogP contribution in [-0.4, -0.2) is 30.0 Å². The van der Waals surface area contributed by atoms with Crippen LogP contribution in [0.4, 0.5) is 8.78 Å². The van der Waals surface area contributed by atoms with Gasteiger partial charge in [-0.1, -0.05) is 13.0 Å². The van der Waals surface area contributed by atoms with E-state index in [2.05, 4.69) is 16.8 Å². The summed E-state index contributed by atoms with van der Waals surface area (Å²) in [5, 5.41) is 0. The fraction of sp³-hybridized carbons (Fsp3) is 0.562. The van der Waals surface area contributed by atoms with Crippen LogP contribution in [0.25, 0.3) is 0 Å². The molecule has 3 unspecified atom stereocenters. The molecular formula is C16H21F2N3. The number of piperidine rings is 1. The monoisotopic (exact) mass is 293 g/mol. The second-order valence-electron chi connectivity index (χ2n) is 6.23. The maximum absolute atomic E-state index is 13.7. The van der Waals surface area contributed by atoms with Gasteiger partial charge in [-0.2, -0.15) is 0 Å². The van der Waals surface area contributed by atoms with Gasteiger partial charge in [-0.25, -0.2) is 13.8 Å². The Labute approximate surface area is 123 Å². The molecule has 1 aromatic carbocycles. The number of nitrogens with two attached hydrogens (primary N) is 1. The van der Waals surface area contributed by atoms with E-state index in [4.69, 9.17) is 5.73 Å². The van der Waals surface area contributed by atoms with Crippen molar-refractivity contribution in [1.29, 1.82) is 0 Å². The summed E-state index contributed by atoms with van der Waals surface area (Å²) in [5.41, 5.74) is 6.21. The molecule has 1 saturated carbocycles. The van der Waals surface area contributed by atoms with E-state index in [1.807, 2.05) is 0 Å². The van der Waals surface area contributed by atoms with Crippen LogP contribution in [0.2, 0.25) is 0 Å². The third kappa shape index (κ3) is 3.01. The van der Waals surface area contributed by atoms with Crippen LogP contribution >= 0.6 is 0 Å². The highest BCUT2D eigenvalue weighted by Crippen LogP contribution is 2.45. The van der Waals surface area contributed by atoms with E-state index in [0.717, 1.165) is 19.5 Å². The number of benzene rings is 1. The van der Waals surface area contributed by atoms with Gasteiger partial charge in [0.05, 0.1) is 6.04 Å². The van der Waals surface area contributed by atoms with E-state index >= 15 is 0 Å². The van der Waals surface area contributed by atoms with Crippen LogP contribution in [0.15, 0.2) is 23.2 Å². The van der Waals surface area contributed by atoms with Crippen molar-refractivity contribution in [2.45, 2.75) is 38.1 Å². The molecule has 1 aromatic rings. The molecule has 3 nitrogen and oxygen atoms in total. The molecule has 0 amide bonds. The van der Waals surface area contributed by atoms with E-state index in [-0.39, 0.29) is 17.5 Å². The molecule has 2 aliphatic rings. The Hall–Kier alpha value is -1.65. The van der Waals surface area contributed by atoms with Gasteiger partial charge in [-0.15, -0.1) is 0 Å². The van der Waals surface area contributed by atoms with Crippen molar-refractivity contribution in [3.8, 4) is 0 Å². The van der Waals surface area contributed by atoms with Gasteiger partial charge in [0.2, 0.25) is 0 Å². The summed E-state index contributed by atoms with van der Waals surface area (Å²) in [4.78, 5) is 6.56. The topological polar surface area (TPSA) is 41.6 Å². The minimum atomic E-state index is -0.483. The van der Waals surface area contributed by atoms with E-state index in [1.165, 1.54) is 24.6 Å². The molecular weight excluding hydrogens is 272 g/mol. The quantitative estimate of drug-likeness (QED) is 0.673. The van der Waals surface area contributed by atoms with Crippen LogP contribution in [0, 0.1) is 17.6 Å². The SMILES string of the molecule is CC1CCCN(C(N)=NC2CC2c2c(F)cccc2F)C1. The Morgan fingerprint density at radius 3 is 2.71 bits per heavy atom. The molecule has 0 bridgehead atoms. The van der Waals surface area contributed by atoms with Crippen molar-refractivity contribution in [3.05, 3.63) is 35.4 Å². The smallest absolute Gasteiger partial charge is 0.191 e. The predicted molar refractivity (Wildman–Crippen MR) is 79.1 cm³/mol. The fourth-order valence-electron chi connectivity index (χ4n) is 3.15. The van der Waals surface area contributed by atoms with Crippen molar-refractivity contribution in [2.24, 2.45) is 16.6 Å². The van der Waals surface area contributed by atoms with Gasteiger partial charge < -0.3 is 10.6 Å². The van der Waals surface area contributed by atoms with Crippen molar-refractivity contribution >= 4 is 5.96 Å². The van der Waals surface area contributed by atoms with Crippen LogP contribution in [-0.2, 0) is 0 Å². The standard InChI is InChI=1S/C16H21F2N3/c1-10-4-3-7-21(9-10)16(19)20-14-8-11(14)15-12(17)5-2-6-13(15)18/h2,5-6,10-11,14H,3-4,7-9H2,1H3,(H2,19,20). The normalized spacial score (nSPS) is 29.6. The molecule has 5 heteroatoms. The summed E-state index contributed by atoms with van der Waals surface area (Å²) < 4.78 is 27.5. The van der Waals surface area contributed by atoms with Crippen molar-refractivity contribution in [1.82, 2.24) is 4.90 Å². The molecule has 1 heterocycles. The molecule has 0 radical (unpaired) electrons. The molecule has 2 N–H and O–H groups in total. The van der Waals surface area contributed by atoms with E-state index in [1.54, 1.807) is 0 Å². The number of likely N-dealkylation sites (tertiary alicyclic amines) is 1. The predicted octanol–water partition coefficient (Wildman–Crippen LogP) is 2.87. The fourth-order valence-corrected chi connectivity index (χ4v) is 3.15. The number of hydrogen-bond donors (Lipinski definition) is 1. The van der Waals surface area contributed by atoms with Gasteiger partial charge in [0.1, 0.15) is 11.6 Å². The summed E-state index contributed by atoms with van der Waals surface area (Å²) in [6.45, 7) is 4.04. The Balaban J connectivity index is 1.69. The van der Waals surface area contributed by atoms with Gasteiger partial charge >= 0.3 is 0 Å². The van der Waals surface area contributed by atoms with Crippen LogP contribution in [0.3, 0.4) is 0 Å². The van der Waals surface area contributed by atoms with Crippen LogP contribution in [0.5, 0.6) is 0 Å². The second-order valence-corrected chi connectivity index (χ2v) is 6.23. The maximum atomic E-state index is 13.7. The van der Waals surface area contributed by atoms with Crippen molar-refractivity contribution in [3.63, 3.8) is 0 Å². The molecule has 1 aliphatic heterocycles. The zero-order chi connectivity index (χ0) is 15.0. The Morgan fingerprint density at radius 1 is 1.33 bits per heavy atom. The molecule has 114 valence electrons. The van der Waals surface area contributed by atoms with Gasteiger partial charge in [0, 0.05) is 24.6 Å².